The van der Waals surface area contributed by atoms with Crippen molar-refractivity contribution in [3.05, 3.63) is 24.3 Å². The normalized spacial score (nSPS) is 12.0. The molecule has 100 valence electrons. The predicted octanol–water partition coefficient (Wildman–Crippen LogP) is 1.90. The molecule has 0 radical (unpaired) electrons. The van der Waals surface area contributed by atoms with E-state index in [4.69, 9.17) is 4.74 Å². The number of carbonyl (C=O) groups excluding carboxylic acids is 1. The maximum absolute atomic E-state index is 12.2. The first-order valence-electron chi connectivity index (χ1n) is 6.22. The Kier molecular flexibility index (Phi) is 5.65. The van der Waals surface area contributed by atoms with E-state index in [1.54, 1.807) is 19.1 Å². The zero-order valence-electron chi connectivity index (χ0n) is 11.6. The number of anilines is 1. The van der Waals surface area contributed by atoms with E-state index < -0.39 is 0 Å². The molecule has 0 aliphatic rings. The minimum absolute atomic E-state index is 0.0406. The number of nitrogens with zero attached hydrogens (tertiary/aromatic N) is 1. The molecule has 1 N–H and O–H groups in total. The predicted molar refractivity (Wildman–Crippen MR) is 74.1 cm³/mol. The fraction of sp³-hybridized carbons (Fsp3) is 0.500. The van der Waals surface area contributed by atoms with Gasteiger partial charge < -0.3 is 15.0 Å². The molecule has 0 aromatic heterocycles. The van der Waals surface area contributed by atoms with Gasteiger partial charge in [-0.2, -0.15) is 0 Å². The van der Waals surface area contributed by atoms with Crippen LogP contribution in [0.3, 0.4) is 0 Å². The van der Waals surface area contributed by atoms with Crippen molar-refractivity contribution in [1.82, 2.24) is 5.32 Å². The Morgan fingerprint density at radius 1 is 1.50 bits per heavy atom. The first-order chi connectivity index (χ1) is 8.60. The summed E-state index contributed by atoms with van der Waals surface area (Å²) in [6.07, 6.45) is 0. The number of carbonyl (C=O) groups is 1. The van der Waals surface area contributed by atoms with Crippen molar-refractivity contribution in [2.24, 2.45) is 5.92 Å². The number of hydrogen-bond donors (Lipinski definition) is 1. The van der Waals surface area contributed by atoms with E-state index in [-0.39, 0.29) is 11.8 Å². The van der Waals surface area contributed by atoms with Crippen molar-refractivity contribution in [2.75, 3.05) is 32.1 Å². The van der Waals surface area contributed by atoms with Crippen molar-refractivity contribution >= 4 is 11.6 Å². The van der Waals surface area contributed by atoms with E-state index >= 15 is 0 Å². The molecule has 1 aromatic rings. The molecule has 0 aliphatic heterocycles. The van der Waals surface area contributed by atoms with Gasteiger partial charge in [0.05, 0.1) is 7.11 Å². The molecule has 4 heteroatoms. The highest BCUT2D eigenvalue weighted by atomic mass is 16.5. The van der Waals surface area contributed by atoms with E-state index in [1.807, 2.05) is 38.1 Å². The van der Waals surface area contributed by atoms with Gasteiger partial charge in [0.15, 0.2) is 0 Å². The summed E-state index contributed by atoms with van der Waals surface area (Å²) in [4.78, 5) is 13.9. The highest BCUT2D eigenvalue weighted by Crippen LogP contribution is 2.21. The highest BCUT2D eigenvalue weighted by Gasteiger charge is 2.18. The fourth-order valence-corrected chi connectivity index (χ4v) is 1.73. The van der Waals surface area contributed by atoms with Crippen molar-refractivity contribution in [1.29, 1.82) is 0 Å². The molecule has 4 nitrogen and oxygen atoms in total. The maximum atomic E-state index is 12.2. The first-order valence-corrected chi connectivity index (χ1v) is 6.22. The van der Waals surface area contributed by atoms with Gasteiger partial charge in [-0.1, -0.05) is 19.9 Å². The Morgan fingerprint density at radius 2 is 2.22 bits per heavy atom. The van der Waals surface area contributed by atoms with Crippen LogP contribution >= 0.6 is 0 Å². The van der Waals surface area contributed by atoms with Crippen LogP contribution in [-0.2, 0) is 4.79 Å². The molecular weight excluding hydrogens is 228 g/mol. The standard InChI is InChI=1S/C14H22N2O2/c1-5-15-10-11(2)14(17)16(3)12-7-6-8-13(9-12)18-4/h6-9,11,15H,5,10H2,1-4H3. The summed E-state index contributed by atoms with van der Waals surface area (Å²) in [6.45, 7) is 5.54. The quantitative estimate of drug-likeness (QED) is 0.838. The average Bonchev–Trinajstić information content (AvgIpc) is 2.43. The van der Waals surface area contributed by atoms with Crippen molar-refractivity contribution in [3.8, 4) is 5.75 Å². The van der Waals surface area contributed by atoms with Crippen LogP contribution in [0.25, 0.3) is 0 Å². The van der Waals surface area contributed by atoms with Gasteiger partial charge in [-0.15, -0.1) is 0 Å². The number of ether oxygens (including phenoxy) is 1. The van der Waals surface area contributed by atoms with Gasteiger partial charge in [-0.05, 0) is 18.7 Å². The summed E-state index contributed by atoms with van der Waals surface area (Å²) < 4.78 is 5.16. The monoisotopic (exact) mass is 250 g/mol. The maximum Gasteiger partial charge on any atom is 0.230 e. The van der Waals surface area contributed by atoms with Gasteiger partial charge >= 0.3 is 0 Å². The molecule has 0 aliphatic carbocycles. The van der Waals surface area contributed by atoms with Crippen LogP contribution in [0.4, 0.5) is 5.69 Å². The molecular formula is C14H22N2O2. The molecule has 1 atom stereocenters. The Labute approximate surface area is 109 Å². The Bertz CT molecular complexity index is 393. The zero-order valence-corrected chi connectivity index (χ0v) is 11.6. The number of methoxy groups -OCH3 is 1. The molecule has 0 spiro atoms. The number of rotatable bonds is 6. The summed E-state index contributed by atoms with van der Waals surface area (Å²) in [5.41, 5.74) is 0.850. The van der Waals surface area contributed by atoms with Gasteiger partial charge in [0, 0.05) is 31.3 Å². The lowest BCUT2D eigenvalue weighted by atomic mass is 10.1. The van der Waals surface area contributed by atoms with Gasteiger partial charge in [-0.25, -0.2) is 0 Å². The lowest BCUT2D eigenvalue weighted by molar-refractivity contribution is -0.121. The topological polar surface area (TPSA) is 41.6 Å². The fourth-order valence-electron chi connectivity index (χ4n) is 1.73. The van der Waals surface area contributed by atoms with Crippen LogP contribution < -0.4 is 15.0 Å². The molecule has 1 aromatic carbocycles. The third-order valence-electron chi connectivity index (χ3n) is 2.89. The average molecular weight is 250 g/mol. The molecule has 0 heterocycles. The smallest absolute Gasteiger partial charge is 0.230 e. The Balaban J connectivity index is 2.72. The second-order valence-corrected chi connectivity index (χ2v) is 4.31. The van der Waals surface area contributed by atoms with E-state index in [9.17, 15) is 4.79 Å². The SMILES string of the molecule is CCNCC(C)C(=O)N(C)c1cccc(OC)c1. The molecule has 1 rings (SSSR count). The van der Waals surface area contributed by atoms with E-state index in [2.05, 4.69) is 5.32 Å². The third-order valence-corrected chi connectivity index (χ3v) is 2.89. The number of nitrogens with one attached hydrogen (secondary N) is 1. The molecule has 0 bridgehead atoms. The van der Waals surface area contributed by atoms with Crippen LogP contribution in [-0.4, -0.2) is 33.2 Å². The second kappa shape index (κ2) is 7.01. The van der Waals surface area contributed by atoms with Crippen LogP contribution in [0, 0.1) is 5.92 Å². The third kappa shape index (κ3) is 3.74. The van der Waals surface area contributed by atoms with Crippen LogP contribution in [0.15, 0.2) is 24.3 Å². The summed E-state index contributed by atoms with van der Waals surface area (Å²) >= 11 is 0. The van der Waals surface area contributed by atoms with E-state index in [0.29, 0.717) is 6.54 Å². The van der Waals surface area contributed by atoms with Gasteiger partial charge in [-0.3, -0.25) is 4.79 Å². The number of benzene rings is 1. The number of amides is 1. The lowest BCUT2D eigenvalue weighted by Crippen LogP contribution is -2.36. The molecule has 1 amide bonds. The summed E-state index contributed by atoms with van der Waals surface area (Å²) in [5.74, 6) is 0.817. The molecule has 18 heavy (non-hydrogen) atoms. The summed E-state index contributed by atoms with van der Waals surface area (Å²) in [6, 6.07) is 7.51. The molecule has 0 saturated carbocycles. The number of hydrogen-bond acceptors (Lipinski definition) is 3. The van der Waals surface area contributed by atoms with E-state index in [1.165, 1.54) is 0 Å². The summed E-state index contributed by atoms with van der Waals surface area (Å²) in [5, 5.41) is 3.19. The minimum Gasteiger partial charge on any atom is -0.497 e. The van der Waals surface area contributed by atoms with Crippen molar-refractivity contribution < 1.29 is 9.53 Å². The highest BCUT2D eigenvalue weighted by molar-refractivity contribution is 5.94. The van der Waals surface area contributed by atoms with Gasteiger partial charge in [0.25, 0.3) is 0 Å². The Morgan fingerprint density at radius 3 is 2.83 bits per heavy atom. The van der Waals surface area contributed by atoms with Gasteiger partial charge in [0.2, 0.25) is 5.91 Å². The van der Waals surface area contributed by atoms with Gasteiger partial charge in [0.1, 0.15) is 5.75 Å². The lowest BCUT2D eigenvalue weighted by Gasteiger charge is -2.22. The minimum atomic E-state index is -0.0406. The van der Waals surface area contributed by atoms with Crippen molar-refractivity contribution in [2.45, 2.75) is 13.8 Å². The zero-order chi connectivity index (χ0) is 13.5. The molecule has 0 fully saturated rings. The molecule has 0 saturated heterocycles. The van der Waals surface area contributed by atoms with Crippen LogP contribution in [0.5, 0.6) is 5.75 Å². The second-order valence-electron chi connectivity index (χ2n) is 4.31. The first kappa shape index (κ1) is 14.5. The largest absolute Gasteiger partial charge is 0.497 e. The van der Waals surface area contributed by atoms with E-state index in [0.717, 1.165) is 18.0 Å². The van der Waals surface area contributed by atoms with Crippen molar-refractivity contribution in [3.63, 3.8) is 0 Å². The van der Waals surface area contributed by atoms with Crippen LogP contribution in [0.1, 0.15) is 13.8 Å². The Hall–Kier alpha value is -1.55. The van der Waals surface area contributed by atoms with Crippen LogP contribution in [0.2, 0.25) is 0 Å². The summed E-state index contributed by atoms with van der Waals surface area (Å²) in [7, 11) is 3.41. The molecule has 1 unspecified atom stereocenters.